The molecule has 0 bridgehead atoms. The van der Waals surface area contributed by atoms with Gasteiger partial charge in [0.05, 0.1) is 13.2 Å². The molecule has 100 valence electrons. The molecular formula is C11H14ClNO4S. The fourth-order valence-corrected chi connectivity index (χ4v) is 2.70. The molecule has 1 fully saturated rings. The SMILES string of the molecule is NS(=O)(=O)c1cc(Cl)ccc1OC1CCOCC1. The number of sulfonamides is 1. The molecule has 0 amide bonds. The molecule has 1 aromatic rings. The lowest BCUT2D eigenvalue weighted by atomic mass is 10.1. The number of ether oxygens (including phenoxy) is 2. The van der Waals surface area contributed by atoms with Crippen LogP contribution < -0.4 is 9.88 Å². The van der Waals surface area contributed by atoms with Crippen molar-refractivity contribution >= 4 is 21.6 Å². The molecule has 2 rings (SSSR count). The molecular weight excluding hydrogens is 278 g/mol. The Morgan fingerprint density at radius 1 is 1.33 bits per heavy atom. The fraction of sp³-hybridized carbons (Fsp3) is 0.455. The van der Waals surface area contributed by atoms with E-state index in [9.17, 15) is 8.42 Å². The molecule has 2 N–H and O–H groups in total. The zero-order valence-corrected chi connectivity index (χ0v) is 11.2. The summed E-state index contributed by atoms with van der Waals surface area (Å²) in [6, 6.07) is 4.40. The van der Waals surface area contributed by atoms with Crippen LogP contribution in [0.1, 0.15) is 12.8 Å². The average Bonchev–Trinajstić information content (AvgIpc) is 2.31. The van der Waals surface area contributed by atoms with Crippen LogP contribution in [0.3, 0.4) is 0 Å². The highest BCUT2D eigenvalue weighted by Gasteiger charge is 2.21. The smallest absolute Gasteiger partial charge is 0.241 e. The number of hydrogen-bond donors (Lipinski definition) is 1. The fourth-order valence-electron chi connectivity index (χ4n) is 1.77. The van der Waals surface area contributed by atoms with Crippen molar-refractivity contribution in [3.05, 3.63) is 23.2 Å². The van der Waals surface area contributed by atoms with Gasteiger partial charge in [0.15, 0.2) is 0 Å². The number of primary sulfonamides is 1. The highest BCUT2D eigenvalue weighted by atomic mass is 35.5. The molecule has 0 atom stereocenters. The zero-order valence-electron chi connectivity index (χ0n) is 9.63. The van der Waals surface area contributed by atoms with Crippen molar-refractivity contribution in [2.45, 2.75) is 23.8 Å². The summed E-state index contributed by atoms with van der Waals surface area (Å²) in [7, 11) is -3.85. The van der Waals surface area contributed by atoms with Crippen molar-refractivity contribution in [1.29, 1.82) is 0 Å². The quantitative estimate of drug-likeness (QED) is 0.916. The summed E-state index contributed by atoms with van der Waals surface area (Å²) in [5.41, 5.74) is 0. The lowest BCUT2D eigenvalue weighted by Crippen LogP contribution is -2.27. The van der Waals surface area contributed by atoms with Crippen molar-refractivity contribution in [3.8, 4) is 5.75 Å². The van der Waals surface area contributed by atoms with Crippen LogP contribution >= 0.6 is 11.6 Å². The second kappa shape index (κ2) is 5.44. The first-order valence-electron chi connectivity index (χ1n) is 5.53. The lowest BCUT2D eigenvalue weighted by molar-refractivity contribution is 0.0244. The standard InChI is InChI=1S/C11H14ClNO4S/c12-8-1-2-10(11(7-8)18(13,14)15)17-9-3-5-16-6-4-9/h1-2,7,9H,3-6H2,(H2,13,14,15). The Balaban J connectivity index is 2.26. The molecule has 0 spiro atoms. The van der Waals surface area contributed by atoms with E-state index in [0.29, 0.717) is 18.2 Å². The van der Waals surface area contributed by atoms with E-state index in [1.165, 1.54) is 12.1 Å². The van der Waals surface area contributed by atoms with E-state index in [1.54, 1.807) is 6.07 Å². The maximum atomic E-state index is 11.5. The largest absolute Gasteiger partial charge is 0.489 e. The number of hydrogen-bond acceptors (Lipinski definition) is 4. The molecule has 1 aromatic carbocycles. The Morgan fingerprint density at radius 2 is 2.00 bits per heavy atom. The van der Waals surface area contributed by atoms with E-state index in [4.69, 9.17) is 26.2 Å². The molecule has 0 saturated carbocycles. The van der Waals surface area contributed by atoms with Gasteiger partial charge < -0.3 is 9.47 Å². The molecule has 1 aliphatic rings. The van der Waals surface area contributed by atoms with Gasteiger partial charge in [0, 0.05) is 17.9 Å². The predicted octanol–water partition coefficient (Wildman–Crippen LogP) is 1.55. The average molecular weight is 292 g/mol. The van der Waals surface area contributed by atoms with Crippen LogP contribution in [0.4, 0.5) is 0 Å². The van der Waals surface area contributed by atoms with Crippen LogP contribution in [-0.4, -0.2) is 27.7 Å². The number of rotatable bonds is 3. The Bertz CT molecular complexity index is 526. The number of nitrogens with two attached hydrogens (primary N) is 1. The Labute approximate surface area is 111 Å². The molecule has 0 unspecified atom stereocenters. The minimum absolute atomic E-state index is 0.0552. The molecule has 0 aliphatic carbocycles. The topological polar surface area (TPSA) is 78.6 Å². The van der Waals surface area contributed by atoms with E-state index in [1.807, 2.05) is 0 Å². The summed E-state index contributed by atoms with van der Waals surface area (Å²) in [5, 5.41) is 5.44. The van der Waals surface area contributed by atoms with Crippen LogP contribution in [0.5, 0.6) is 5.75 Å². The van der Waals surface area contributed by atoms with Crippen molar-refractivity contribution < 1.29 is 17.9 Å². The predicted molar refractivity (Wildman–Crippen MR) is 67.3 cm³/mol. The first-order valence-corrected chi connectivity index (χ1v) is 7.46. The van der Waals surface area contributed by atoms with Gasteiger partial charge in [0.1, 0.15) is 16.7 Å². The third-order valence-electron chi connectivity index (χ3n) is 2.67. The third-order valence-corrected chi connectivity index (χ3v) is 3.84. The van der Waals surface area contributed by atoms with E-state index < -0.39 is 10.0 Å². The van der Waals surface area contributed by atoms with Crippen molar-refractivity contribution in [1.82, 2.24) is 0 Å². The summed E-state index contributed by atoms with van der Waals surface area (Å²) >= 11 is 5.77. The first-order chi connectivity index (χ1) is 8.47. The van der Waals surface area contributed by atoms with Gasteiger partial charge in [-0.25, -0.2) is 13.6 Å². The van der Waals surface area contributed by atoms with Gasteiger partial charge in [-0.05, 0) is 18.2 Å². The first kappa shape index (κ1) is 13.6. The van der Waals surface area contributed by atoms with Crippen LogP contribution in [0.15, 0.2) is 23.1 Å². The summed E-state index contributed by atoms with van der Waals surface area (Å²) < 4.78 is 33.8. The molecule has 1 saturated heterocycles. The molecule has 1 heterocycles. The Morgan fingerprint density at radius 3 is 2.61 bits per heavy atom. The second-order valence-electron chi connectivity index (χ2n) is 4.07. The van der Waals surface area contributed by atoms with E-state index >= 15 is 0 Å². The molecule has 5 nitrogen and oxygen atoms in total. The second-order valence-corrected chi connectivity index (χ2v) is 6.03. The van der Waals surface area contributed by atoms with Gasteiger partial charge in [0.2, 0.25) is 10.0 Å². The maximum Gasteiger partial charge on any atom is 0.241 e. The molecule has 1 aliphatic heterocycles. The minimum atomic E-state index is -3.85. The molecule has 18 heavy (non-hydrogen) atoms. The molecule has 0 radical (unpaired) electrons. The monoisotopic (exact) mass is 291 g/mol. The number of halogens is 1. The normalized spacial score (nSPS) is 17.7. The van der Waals surface area contributed by atoms with Gasteiger partial charge in [-0.15, -0.1) is 0 Å². The van der Waals surface area contributed by atoms with Crippen molar-refractivity contribution in [3.63, 3.8) is 0 Å². The van der Waals surface area contributed by atoms with Gasteiger partial charge in [-0.3, -0.25) is 0 Å². The third kappa shape index (κ3) is 3.35. The van der Waals surface area contributed by atoms with Crippen LogP contribution in [-0.2, 0) is 14.8 Å². The Hall–Kier alpha value is -0.820. The zero-order chi connectivity index (χ0) is 13.2. The van der Waals surface area contributed by atoms with Crippen molar-refractivity contribution in [2.24, 2.45) is 5.14 Å². The summed E-state index contributed by atoms with van der Waals surface area (Å²) in [6.07, 6.45) is 1.40. The van der Waals surface area contributed by atoms with E-state index in [-0.39, 0.29) is 16.7 Å². The minimum Gasteiger partial charge on any atom is -0.489 e. The highest BCUT2D eigenvalue weighted by Crippen LogP contribution is 2.28. The summed E-state index contributed by atoms with van der Waals surface area (Å²) in [5.74, 6) is 0.244. The number of benzene rings is 1. The van der Waals surface area contributed by atoms with Crippen LogP contribution in [0, 0.1) is 0 Å². The summed E-state index contributed by atoms with van der Waals surface area (Å²) in [4.78, 5) is -0.0820. The molecule has 7 heteroatoms. The van der Waals surface area contributed by atoms with Gasteiger partial charge >= 0.3 is 0 Å². The van der Waals surface area contributed by atoms with Crippen molar-refractivity contribution in [2.75, 3.05) is 13.2 Å². The van der Waals surface area contributed by atoms with E-state index in [0.717, 1.165) is 12.8 Å². The summed E-state index contributed by atoms with van der Waals surface area (Å²) in [6.45, 7) is 1.23. The lowest BCUT2D eigenvalue weighted by Gasteiger charge is -2.24. The van der Waals surface area contributed by atoms with Crippen LogP contribution in [0.2, 0.25) is 5.02 Å². The highest BCUT2D eigenvalue weighted by molar-refractivity contribution is 7.89. The van der Waals surface area contributed by atoms with Crippen LogP contribution in [0.25, 0.3) is 0 Å². The van der Waals surface area contributed by atoms with Gasteiger partial charge in [0.25, 0.3) is 0 Å². The molecule has 0 aromatic heterocycles. The maximum absolute atomic E-state index is 11.5. The van der Waals surface area contributed by atoms with Gasteiger partial charge in [-0.2, -0.15) is 0 Å². The van der Waals surface area contributed by atoms with Gasteiger partial charge in [-0.1, -0.05) is 11.6 Å². The Kier molecular flexibility index (Phi) is 4.11. The van der Waals surface area contributed by atoms with E-state index in [2.05, 4.69) is 0 Å².